The average Bonchev–Trinajstić information content (AvgIpc) is 2.38. The lowest BCUT2D eigenvalue weighted by Gasteiger charge is -2.16. The fourth-order valence-corrected chi connectivity index (χ4v) is 1.85. The number of nitrogens with two attached hydrogens (primary N) is 2. The molecule has 1 unspecified atom stereocenters. The van der Waals surface area contributed by atoms with Gasteiger partial charge in [0.15, 0.2) is 0 Å². The Balaban J connectivity index is 2.23. The predicted molar refractivity (Wildman–Crippen MR) is 71.4 cm³/mol. The Labute approximate surface area is 106 Å². The highest BCUT2D eigenvalue weighted by molar-refractivity contribution is 5.39. The molecule has 94 valence electrons. The maximum atomic E-state index is 5.83. The molecule has 0 spiro atoms. The van der Waals surface area contributed by atoms with E-state index in [2.05, 4.69) is 15.4 Å². The second kappa shape index (κ2) is 5.57. The van der Waals surface area contributed by atoms with E-state index in [0.717, 1.165) is 17.0 Å². The van der Waals surface area contributed by atoms with Crippen molar-refractivity contribution >= 4 is 5.82 Å². The number of nitrogens with zero attached hydrogens (tertiary/aromatic N) is 2. The fraction of sp³-hybridized carbons (Fsp3) is 0.231. The molecule has 0 saturated heterocycles. The van der Waals surface area contributed by atoms with Gasteiger partial charge in [0.25, 0.3) is 0 Å². The van der Waals surface area contributed by atoms with Gasteiger partial charge in [0.2, 0.25) is 0 Å². The summed E-state index contributed by atoms with van der Waals surface area (Å²) in [5.74, 6) is 6.13. The summed E-state index contributed by atoms with van der Waals surface area (Å²) < 4.78 is 0. The molecule has 2 aromatic heterocycles. The SMILES string of the molecule is Cc1cccc(C(Cc2cccnc2N)NN)n1. The van der Waals surface area contributed by atoms with Crippen LogP contribution in [0.2, 0.25) is 0 Å². The Kier molecular flexibility index (Phi) is 3.86. The normalized spacial score (nSPS) is 12.3. The molecule has 0 aliphatic rings. The van der Waals surface area contributed by atoms with Crippen LogP contribution < -0.4 is 17.0 Å². The van der Waals surface area contributed by atoms with E-state index in [1.165, 1.54) is 0 Å². The molecule has 0 aliphatic heterocycles. The van der Waals surface area contributed by atoms with Gasteiger partial charge in [-0.15, -0.1) is 0 Å². The number of pyridine rings is 2. The van der Waals surface area contributed by atoms with Gasteiger partial charge in [-0.05, 0) is 37.1 Å². The minimum Gasteiger partial charge on any atom is -0.383 e. The van der Waals surface area contributed by atoms with Gasteiger partial charge in [0.1, 0.15) is 5.82 Å². The zero-order chi connectivity index (χ0) is 13.0. The highest BCUT2D eigenvalue weighted by atomic mass is 15.2. The molecular weight excluding hydrogens is 226 g/mol. The van der Waals surface area contributed by atoms with Gasteiger partial charge in [-0.3, -0.25) is 16.3 Å². The van der Waals surface area contributed by atoms with Gasteiger partial charge < -0.3 is 5.73 Å². The monoisotopic (exact) mass is 243 g/mol. The number of hydrogen-bond donors (Lipinski definition) is 3. The molecule has 0 bridgehead atoms. The molecule has 1 atom stereocenters. The average molecular weight is 243 g/mol. The summed E-state index contributed by atoms with van der Waals surface area (Å²) in [7, 11) is 0. The maximum Gasteiger partial charge on any atom is 0.126 e. The molecule has 18 heavy (non-hydrogen) atoms. The van der Waals surface area contributed by atoms with Gasteiger partial charge in [0.05, 0.1) is 11.7 Å². The molecule has 0 saturated carbocycles. The van der Waals surface area contributed by atoms with Crippen LogP contribution in [0.4, 0.5) is 5.82 Å². The second-order valence-electron chi connectivity index (χ2n) is 4.17. The van der Waals surface area contributed by atoms with Crippen LogP contribution in [0.1, 0.15) is 23.0 Å². The van der Waals surface area contributed by atoms with Crippen LogP contribution in [0.5, 0.6) is 0 Å². The Morgan fingerprint density at radius 3 is 2.78 bits per heavy atom. The summed E-state index contributed by atoms with van der Waals surface area (Å²) in [5.41, 5.74) is 11.4. The Morgan fingerprint density at radius 2 is 2.11 bits per heavy atom. The minimum absolute atomic E-state index is 0.0728. The summed E-state index contributed by atoms with van der Waals surface area (Å²) in [6, 6.07) is 9.61. The van der Waals surface area contributed by atoms with Crippen molar-refractivity contribution in [2.24, 2.45) is 5.84 Å². The number of hydrogen-bond acceptors (Lipinski definition) is 5. The molecule has 0 radical (unpaired) electrons. The van der Waals surface area contributed by atoms with E-state index < -0.39 is 0 Å². The molecule has 5 N–H and O–H groups in total. The van der Waals surface area contributed by atoms with Crippen molar-refractivity contribution < 1.29 is 0 Å². The van der Waals surface area contributed by atoms with Crippen molar-refractivity contribution in [2.75, 3.05) is 5.73 Å². The number of anilines is 1. The van der Waals surface area contributed by atoms with Gasteiger partial charge in [0, 0.05) is 11.9 Å². The van der Waals surface area contributed by atoms with Crippen LogP contribution in [0, 0.1) is 6.92 Å². The largest absolute Gasteiger partial charge is 0.383 e. The molecule has 0 amide bonds. The van der Waals surface area contributed by atoms with Crippen molar-refractivity contribution in [3.8, 4) is 0 Å². The summed E-state index contributed by atoms with van der Waals surface area (Å²) in [4.78, 5) is 8.53. The van der Waals surface area contributed by atoms with Crippen molar-refractivity contribution in [1.82, 2.24) is 15.4 Å². The minimum atomic E-state index is -0.0728. The van der Waals surface area contributed by atoms with Crippen LogP contribution in [-0.2, 0) is 6.42 Å². The molecule has 2 rings (SSSR count). The third-order valence-corrected chi connectivity index (χ3v) is 2.82. The molecule has 5 heteroatoms. The van der Waals surface area contributed by atoms with Gasteiger partial charge >= 0.3 is 0 Å². The smallest absolute Gasteiger partial charge is 0.126 e. The quantitative estimate of drug-likeness (QED) is 0.553. The fourth-order valence-electron chi connectivity index (χ4n) is 1.85. The van der Waals surface area contributed by atoms with Crippen molar-refractivity contribution in [2.45, 2.75) is 19.4 Å². The lowest BCUT2D eigenvalue weighted by atomic mass is 10.0. The van der Waals surface area contributed by atoms with E-state index in [1.54, 1.807) is 6.20 Å². The second-order valence-corrected chi connectivity index (χ2v) is 4.17. The highest BCUT2D eigenvalue weighted by Crippen LogP contribution is 2.18. The zero-order valence-corrected chi connectivity index (χ0v) is 10.3. The van der Waals surface area contributed by atoms with Gasteiger partial charge in [-0.1, -0.05) is 12.1 Å². The number of rotatable bonds is 4. The van der Waals surface area contributed by atoms with E-state index in [-0.39, 0.29) is 6.04 Å². The summed E-state index contributed by atoms with van der Waals surface area (Å²) in [6.45, 7) is 1.95. The molecule has 2 heterocycles. The van der Waals surface area contributed by atoms with E-state index in [4.69, 9.17) is 11.6 Å². The van der Waals surface area contributed by atoms with Gasteiger partial charge in [-0.25, -0.2) is 4.98 Å². The van der Waals surface area contributed by atoms with Crippen LogP contribution >= 0.6 is 0 Å². The molecule has 2 aromatic rings. The number of aryl methyl sites for hydroxylation is 1. The molecule has 0 aliphatic carbocycles. The molecule has 0 aromatic carbocycles. The number of nitrogens with one attached hydrogen (secondary N) is 1. The van der Waals surface area contributed by atoms with Crippen molar-refractivity contribution in [3.63, 3.8) is 0 Å². The first-order chi connectivity index (χ1) is 8.70. The van der Waals surface area contributed by atoms with Gasteiger partial charge in [-0.2, -0.15) is 0 Å². The lowest BCUT2D eigenvalue weighted by molar-refractivity contribution is 0.537. The van der Waals surface area contributed by atoms with Crippen LogP contribution in [0.25, 0.3) is 0 Å². The van der Waals surface area contributed by atoms with Crippen LogP contribution in [0.15, 0.2) is 36.5 Å². The molecule has 5 nitrogen and oxygen atoms in total. The first-order valence-electron chi connectivity index (χ1n) is 5.79. The summed E-state index contributed by atoms with van der Waals surface area (Å²) >= 11 is 0. The van der Waals surface area contributed by atoms with Crippen LogP contribution in [-0.4, -0.2) is 9.97 Å². The summed E-state index contributed by atoms with van der Waals surface area (Å²) in [5, 5.41) is 0. The Bertz CT molecular complexity index is 526. The Hall–Kier alpha value is -1.98. The number of hydrazine groups is 1. The molecule has 0 fully saturated rings. The first kappa shape index (κ1) is 12.5. The van der Waals surface area contributed by atoms with E-state index >= 15 is 0 Å². The van der Waals surface area contributed by atoms with E-state index in [1.807, 2.05) is 37.3 Å². The Morgan fingerprint density at radius 1 is 1.28 bits per heavy atom. The van der Waals surface area contributed by atoms with Crippen molar-refractivity contribution in [1.29, 1.82) is 0 Å². The zero-order valence-electron chi connectivity index (χ0n) is 10.3. The molecular formula is C13H17N5. The lowest BCUT2D eigenvalue weighted by Crippen LogP contribution is -2.30. The van der Waals surface area contributed by atoms with E-state index in [9.17, 15) is 0 Å². The number of nitrogen functional groups attached to an aromatic ring is 1. The number of aromatic nitrogens is 2. The third-order valence-electron chi connectivity index (χ3n) is 2.82. The summed E-state index contributed by atoms with van der Waals surface area (Å²) in [6.07, 6.45) is 2.33. The maximum absolute atomic E-state index is 5.83. The highest BCUT2D eigenvalue weighted by Gasteiger charge is 2.13. The third kappa shape index (κ3) is 2.82. The van der Waals surface area contributed by atoms with Crippen LogP contribution in [0.3, 0.4) is 0 Å². The standard InChI is InChI=1S/C13H17N5/c1-9-4-2-6-11(17-9)12(18-15)8-10-5-3-7-16-13(10)14/h2-7,12,18H,8,15H2,1H3,(H2,14,16). The van der Waals surface area contributed by atoms with Crippen molar-refractivity contribution in [3.05, 3.63) is 53.5 Å². The first-order valence-corrected chi connectivity index (χ1v) is 5.79. The topological polar surface area (TPSA) is 89.8 Å². The van der Waals surface area contributed by atoms with E-state index in [0.29, 0.717) is 12.2 Å². The predicted octanol–water partition coefficient (Wildman–Crippen LogP) is 1.11.